The van der Waals surface area contributed by atoms with E-state index in [0.717, 1.165) is 24.3 Å². The zero-order valence-corrected chi connectivity index (χ0v) is 10.3. The van der Waals surface area contributed by atoms with E-state index < -0.39 is 29.5 Å². The maximum Gasteiger partial charge on any atom is 0.416 e. The summed E-state index contributed by atoms with van der Waals surface area (Å²) in [5.74, 6) is -3.10. The molecule has 2 amide bonds. The van der Waals surface area contributed by atoms with E-state index in [1.807, 2.05) is 10.9 Å². The van der Waals surface area contributed by atoms with E-state index >= 15 is 0 Å². The Bertz CT molecular complexity index is 579. The Morgan fingerprint density at radius 3 is 2.05 bits per heavy atom. The number of hydrogen-bond acceptors (Lipinski definition) is 3. The molecule has 0 heterocycles. The van der Waals surface area contributed by atoms with Gasteiger partial charge in [-0.2, -0.15) is 13.2 Å². The number of halogens is 3. The molecule has 0 atom stereocenters. The first kappa shape index (κ1) is 16.2. The van der Waals surface area contributed by atoms with Crippen LogP contribution in [-0.2, 0) is 15.8 Å². The van der Waals surface area contributed by atoms with Crippen LogP contribution in [0, 0.1) is 0 Å². The summed E-state index contributed by atoms with van der Waals surface area (Å²) in [4.78, 5) is 32.7. The number of alkyl halides is 3. The molecule has 0 aliphatic heterocycles. The normalized spacial score (nSPS) is 11.2. The second-order valence-electron chi connectivity index (χ2n) is 3.69. The summed E-state index contributed by atoms with van der Waals surface area (Å²) in [6, 6.07) is 3.33. The highest BCUT2D eigenvalue weighted by molar-refractivity contribution is 5.98. The van der Waals surface area contributed by atoms with E-state index in [2.05, 4.69) is 0 Å². The highest BCUT2D eigenvalue weighted by Crippen LogP contribution is 2.28. The standard InChI is InChI=1S/C12H9F3N2O4/c13-12(14,15)8-3-1-7(2-4-8)11(21)17-16-9(18)5-6-10(19)20/h1-6H,(H,16,18)(H,17,21)(H,19,20). The molecule has 9 heteroatoms. The van der Waals surface area contributed by atoms with Gasteiger partial charge in [-0.05, 0) is 24.3 Å². The van der Waals surface area contributed by atoms with Crippen LogP contribution in [-0.4, -0.2) is 22.9 Å². The Hall–Kier alpha value is -2.84. The number of benzene rings is 1. The quantitative estimate of drug-likeness (QED) is 0.575. The molecule has 112 valence electrons. The number of nitrogens with one attached hydrogen (secondary N) is 2. The van der Waals surface area contributed by atoms with Crippen molar-refractivity contribution in [1.82, 2.24) is 10.9 Å². The molecule has 0 radical (unpaired) electrons. The van der Waals surface area contributed by atoms with E-state index in [1.54, 1.807) is 0 Å². The number of hydrazine groups is 1. The largest absolute Gasteiger partial charge is 0.478 e. The van der Waals surface area contributed by atoms with Gasteiger partial charge in [-0.3, -0.25) is 20.4 Å². The van der Waals surface area contributed by atoms with Crippen molar-refractivity contribution in [3.63, 3.8) is 0 Å². The number of aliphatic carboxylic acids is 1. The molecule has 0 aliphatic carbocycles. The van der Waals surface area contributed by atoms with Crippen molar-refractivity contribution in [2.45, 2.75) is 6.18 Å². The summed E-state index contributed by atoms with van der Waals surface area (Å²) in [7, 11) is 0. The third-order valence-electron chi connectivity index (χ3n) is 2.15. The SMILES string of the molecule is O=C(O)C=CC(=O)NNC(=O)c1ccc(C(F)(F)F)cc1. The number of carboxylic acid groups (broad SMARTS) is 1. The lowest BCUT2D eigenvalue weighted by Gasteiger charge is -2.08. The zero-order valence-electron chi connectivity index (χ0n) is 10.3. The molecule has 6 nitrogen and oxygen atoms in total. The predicted molar refractivity (Wildman–Crippen MR) is 63.8 cm³/mol. The fraction of sp³-hybridized carbons (Fsp3) is 0.0833. The van der Waals surface area contributed by atoms with Gasteiger partial charge in [-0.15, -0.1) is 0 Å². The molecule has 3 N–H and O–H groups in total. The van der Waals surface area contributed by atoms with Gasteiger partial charge in [0.25, 0.3) is 11.8 Å². The zero-order chi connectivity index (χ0) is 16.0. The van der Waals surface area contributed by atoms with Crippen molar-refractivity contribution in [2.24, 2.45) is 0 Å². The third-order valence-corrected chi connectivity index (χ3v) is 2.15. The first-order valence-corrected chi connectivity index (χ1v) is 5.38. The van der Waals surface area contributed by atoms with E-state index in [-0.39, 0.29) is 5.56 Å². The lowest BCUT2D eigenvalue weighted by molar-refractivity contribution is -0.137. The Kier molecular flexibility index (Phi) is 5.06. The molecule has 1 aromatic rings. The number of rotatable bonds is 3. The molecule has 1 rings (SSSR count). The summed E-state index contributed by atoms with van der Waals surface area (Å²) in [6.45, 7) is 0. The first-order valence-electron chi connectivity index (χ1n) is 5.38. The van der Waals surface area contributed by atoms with Gasteiger partial charge in [0.15, 0.2) is 0 Å². The van der Waals surface area contributed by atoms with Gasteiger partial charge < -0.3 is 5.11 Å². The van der Waals surface area contributed by atoms with Crippen LogP contribution in [0.5, 0.6) is 0 Å². The molecule has 0 fully saturated rings. The number of carbonyl (C=O) groups is 3. The number of carbonyl (C=O) groups excluding carboxylic acids is 2. The van der Waals surface area contributed by atoms with E-state index in [9.17, 15) is 27.6 Å². The molecule has 0 unspecified atom stereocenters. The van der Waals surface area contributed by atoms with Gasteiger partial charge in [0.1, 0.15) is 0 Å². The summed E-state index contributed by atoms with van der Waals surface area (Å²) in [5, 5.41) is 8.26. The second-order valence-corrected chi connectivity index (χ2v) is 3.69. The van der Waals surface area contributed by atoms with E-state index in [4.69, 9.17) is 5.11 Å². The summed E-state index contributed by atoms with van der Waals surface area (Å²) in [6.07, 6.45) is -3.29. The molecular weight excluding hydrogens is 293 g/mol. The summed E-state index contributed by atoms with van der Waals surface area (Å²) < 4.78 is 36.9. The van der Waals surface area contributed by atoms with Crippen LogP contribution in [0.15, 0.2) is 36.4 Å². The minimum absolute atomic E-state index is 0.106. The third kappa shape index (κ3) is 5.35. The Labute approximate surface area is 116 Å². The molecule has 1 aromatic carbocycles. The Morgan fingerprint density at radius 1 is 1.00 bits per heavy atom. The highest BCUT2D eigenvalue weighted by atomic mass is 19.4. The maximum absolute atomic E-state index is 12.3. The number of hydrogen-bond donors (Lipinski definition) is 3. The minimum Gasteiger partial charge on any atom is -0.478 e. The number of amides is 2. The van der Waals surface area contributed by atoms with E-state index in [0.29, 0.717) is 12.2 Å². The lowest BCUT2D eigenvalue weighted by atomic mass is 10.1. The Morgan fingerprint density at radius 2 is 1.57 bits per heavy atom. The van der Waals surface area contributed by atoms with Gasteiger partial charge in [-0.1, -0.05) is 0 Å². The van der Waals surface area contributed by atoms with Gasteiger partial charge in [0.2, 0.25) is 0 Å². The van der Waals surface area contributed by atoms with Crippen molar-refractivity contribution in [3.8, 4) is 0 Å². The molecule has 0 aliphatic rings. The molecule has 0 saturated heterocycles. The van der Waals surface area contributed by atoms with Gasteiger partial charge in [0, 0.05) is 17.7 Å². The van der Waals surface area contributed by atoms with Crippen LogP contribution >= 0.6 is 0 Å². The van der Waals surface area contributed by atoms with Crippen LogP contribution < -0.4 is 10.9 Å². The molecule has 0 aromatic heterocycles. The van der Waals surface area contributed by atoms with Crippen molar-refractivity contribution >= 4 is 17.8 Å². The van der Waals surface area contributed by atoms with Gasteiger partial charge in [-0.25, -0.2) is 4.79 Å². The van der Waals surface area contributed by atoms with Crippen LogP contribution in [0.4, 0.5) is 13.2 Å². The highest BCUT2D eigenvalue weighted by Gasteiger charge is 2.30. The lowest BCUT2D eigenvalue weighted by Crippen LogP contribution is -2.40. The fourth-order valence-electron chi connectivity index (χ4n) is 1.19. The monoisotopic (exact) mass is 302 g/mol. The van der Waals surface area contributed by atoms with Crippen LogP contribution in [0.3, 0.4) is 0 Å². The van der Waals surface area contributed by atoms with E-state index in [1.165, 1.54) is 0 Å². The van der Waals surface area contributed by atoms with Gasteiger partial charge in [0.05, 0.1) is 5.56 Å². The summed E-state index contributed by atoms with van der Waals surface area (Å²) >= 11 is 0. The minimum atomic E-state index is -4.51. The topological polar surface area (TPSA) is 95.5 Å². The summed E-state index contributed by atoms with van der Waals surface area (Å²) in [5.41, 5.74) is 2.77. The van der Waals surface area contributed by atoms with Gasteiger partial charge >= 0.3 is 12.1 Å². The molecular formula is C12H9F3N2O4. The average molecular weight is 302 g/mol. The number of carboxylic acids is 1. The fourth-order valence-corrected chi connectivity index (χ4v) is 1.19. The first-order chi connectivity index (χ1) is 9.70. The smallest absolute Gasteiger partial charge is 0.416 e. The molecule has 0 bridgehead atoms. The van der Waals surface area contributed by atoms with Crippen LogP contribution in [0.25, 0.3) is 0 Å². The second kappa shape index (κ2) is 6.55. The van der Waals surface area contributed by atoms with Crippen molar-refractivity contribution in [1.29, 1.82) is 0 Å². The average Bonchev–Trinajstić information content (AvgIpc) is 2.41. The predicted octanol–water partition coefficient (Wildman–Crippen LogP) is 1.11. The molecule has 0 saturated carbocycles. The van der Waals surface area contributed by atoms with Crippen molar-refractivity contribution in [3.05, 3.63) is 47.5 Å². The molecule has 21 heavy (non-hydrogen) atoms. The Balaban J connectivity index is 2.60. The van der Waals surface area contributed by atoms with Crippen LogP contribution in [0.2, 0.25) is 0 Å². The maximum atomic E-state index is 12.3. The van der Waals surface area contributed by atoms with Crippen molar-refractivity contribution in [2.75, 3.05) is 0 Å². The van der Waals surface area contributed by atoms with Crippen LogP contribution in [0.1, 0.15) is 15.9 Å². The molecule has 0 spiro atoms. The van der Waals surface area contributed by atoms with Crippen molar-refractivity contribution < 1.29 is 32.7 Å².